The number of rotatable bonds is 7. The first-order valence-electron chi connectivity index (χ1n) is 7.86. The highest BCUT2D eigenvalue weighted by Gasteiger charge is 2.05. The van der Waals surface area contributed by atoms with E-state index in [1.54, 1.807) is 6.20 Å². The zero-order chi connectivity index (χ0) is 16.5. The van der Waals surface area contributed by atoms with Crippen LogP contribution in [0.4, 0.5) is 0 Å². The molecule has 0 fully saturated rings. The molecule has 5 nitrogen and oxygen atoms in total. The van der Waals surface area contributed by atoms with Gasteiger partial charge in [-0.05, 0) is 36.6 Å². The van der Waals surface area contributed by atoms with Crippen LogP contribution < -0.4 is 5.32 Å². The molecule has 0 saturated carbocycles. The molecule has 0 spiro atoms. The van der Waals surface area contributed by atoms with Crippen LogP contribution in [0.25, 0.3) is 5.69 Å². The van der Waals surface area contributed by atoms with Gasteiger partial charge in [-0.15, -0.1) is 6.58 Å². The molecule has 23 heavy (non-hydrogen) atoms. The maximum atomic E-state index is 4.33. The van der Waals surface area contributed by atoms with E-state index >= 15 is 0 Å². The van der Waals surface area contributed by atoms with Gasteiger partial charge in [0.25, 0.3) is 0 Å². The number of allylic oxidation sites excluding steroid dienone is 1. The maximum absolute atomic E-state index is 4.33. The second kappa shape index (κ2) is 8.78. The molecule has 2 aromatic rings. The molecular weight excluding hydrogens is 286 g/mol. The number of aliphatic imine (C=N–C) groups is 1. The van der Waals surface area contributed by atoms with Gasteiger partial charge < -0.3 is 10.2 Å². The Kier molecular flexibility index (Phi) is 6.41. The fraction of sp³-hybridized carbons (Fsp3) is 0.333. The number of hydrogen-bond donors (Lipinski definition) is 1. The second-order valence-corrected chi connectivity index (χ2v) is 5.37. The van der Waals surface area contributed by atoms with Gasteiger partial charge in [0.1, 0.15) is 0 Å². The molecule has 1 heterocycles. The Hall–Kier alpha value is -2.56. The minimum atomic E-state index is 0.748. The van der Waals surface area contributed by atoms with Gasteiger partial charge in [-0.25, -0.2) is 4.68 Å². The Bertz CT molecular complexity index is 613. The first kappa shape index (κ1) is 16.8. The largest absolute Gasteiger partial charge is 0.352 e. The summed E-state index contributed by atoms with van der Waals surface area (Å²) in [6, 6.07) is 10.3. The van der Waals surface area contributed by atoms with Gasteiger partial charge in [-0.2, -0.15) is 5.10 Å². The predicted octanol–water partition coefficient (Wildman–Crippen LogP) is 2.85. The molecule has 0 radical (unpaired) electrons. The highest BCUT2D eigenvalue weighted by atomic mass is 15.3. The molecule has 0 unspecified atom stereocenters. The van der Waals surface area contributed by atoms with Crippen LogP contribution in [0.15, 0.2) is 60.4 Å². The van der Waals surface area contributed by atoms with E-state index in [4.69, 9.17) is 0 Å². The standard InChI is InChI=1S/C18H25N5/c1-4-5-6-13-22(3)18(19-2)20-15-16-8-10-17(11-9-16)23-14-7-12-21-23/h4,7-12,14H,1,5-6,13,15H2,2-3H3,(H,19,20). The summed E-state index contributed by atoms with van der Waals surface area (Å²) in [7, 11) is 3.87. The van der Waals surface area contributed by atoms with Crippen molar-refractivity contribution in [1.29, 1.82) is 0 Å². The Morgan fingerprint density at radius 2 is 2.17 bits per heavy atom. The molecule has 0 amide bonds. The lowest BCUT2D eigenvalue weighted by Gasteiger charge is -2.22. The molecule has 1 N–H and O–H groups in total. The lowest BCUT2D eigenvalue weighted by atomic mass is 10.2. The lowest BCUT2D eigenvalue weighted by Crippen LogP contribution is -2.38. The van der Waals surface area contributed by atoms with E-state index in [0.29, 0.717) is 0 Å². The monoisotopic (exact) mass is 311 g/mol. The fourth-order valence-electron chi connectivity index (χ4n) is 2.33. The van der Waals surface area contributed by atoms with E-state index in [-0.39, 0.29) is 0 Å². The summed E-state index contributed by atoms with van der Waals surface area (Å²) in [5.41, 5.74) is 2.27. The number of aromatic nitrogens is 2. The molecule has 0 aliphatic heterocycles. The van der Waals surface area contributed by atoms with Gasteiger partial charge in [0, 0.05) is 39.6 Å². The number of nitrogens with zero attached hydrogens (tertiary/aromatic N) is 4. The van der Waals surface area contributed by atoms with E-state index in [9.17, 15) is 0 Å². The molecule has 0 bridgehead atoms. The molecule has 0 aliphatic rings. The summed E-state index contributed by atoms with van der Waals surface area (Å²) in [4.78, 5) is 6.47. The summed E-state index contributed by atoms with van der Waals surface area (Å²) >= 11 is 0. The van der Waals surface area contributed by atoms with Crippen LogP contribution in [0, 0.1) is 0 Å². The molecule has 5 heteroatoms. The first-order chi connectivity index (χ1) is 11.2. The molecule has 2 rings (SSSR count). The molecule has 0 aliphatic carbocycles. The lowest BCUT2D eigenvalue weighted by molar-refractivity contribution is 0.470. The topological polar surface area (TPSA) is 45.5 Å². The second-order valence-electron chi connectivity index (χ2n) is 5.37. The summed E-state index contributed by atoms with van der Waals surface area (Å²) in [6.45, 7) is 5.46. The van der Waals surface area contributed by atoms with Crippen molar-refractivity contribution in [3.05, 3.63) is 60.9 Å². The maximum Gasteiger partial charge on any atom is 0.193 e. The predicted molar refractivity (Wildman–Crippen MR) is 95.8 cm³/mol. The van der Waals surface area contributed by atoms with E-state index in [0.717, 1.165) is 37.6 Å². The van der Waals surface area contributed by atoms with Crippen LogP contribution in [0.5, 0.6) is 0 Å². The zero-order valence-corrected chi connectivity index (χ0v) is 13.9. The van der Waals surface area contributed by atoms with E-state index in [1.165, 1.54) is 5.56 Å². The summed E-state index contributed by atoms with van der Waals surface area (Å²) < 4.78 is 1.85. The third kappa shape index (κ3) is 4.98. The van der Waals surface area contributed by atoms with Gasteiger partial charge in [0.15, 0.2) is 5.96 Å². The van der Waals surface area contributed by atoms with E-state index in [1.807, 2.05) is 30.1 Å². The molecule has 122 valence electrons. The van der Waals surface area contributed by atoms with Crippen molar-refractivity contribution in [1.82, 2.24) is 20.0 Å². The van der Waals surface area contributed by atoms with Crippen molar-refractivity contribution in [2.75, 3.05) is 20.6 Å². The summed E-state index contributed by atoms with van der Waals surface area (Å²) in [6.07, 6.45) is 7.77. The highest BCUT2D eigenvalue weighted by molar-refractivity contribution is 5.79. The van der Waals surface area contributed by atoms with Crippen molar-refractivity contribution in [2.24, 2.45) is 4.99 Å². The molecule has 1 aromatic carbocycles. The van der Waals surface area contributed by atoms with Gasteiger partial charge in [0.05, 0.1) is 5.69 Å². The number of unbranched alkanes of at least 4 members (excludes halogenated alkanes) is 1. The van der Waals surface area contributed by atoms with E-state index < -0.39 is 0 Å². The van der Waals surface area contributed by atoms with Gasteiger partial charge in [-0.1, -0.05) is 18.2 Å². The fourth-order valence-corrected chi connectivity index (χ4v) is 2.33. The van der Waals surface area contributed by atoms with Crippen molar-refractivity contribution in [2.45, 2.75) is 19.4 Å². The third-order valence-electron chi connectivity index (χ3n) is 3.63. The number of benzene rings is 1. The van der Waals surface area contributed by atoms with Crippen LogP contribution in [0.1, 0.15) is 18.4 Å². The van der Waals surface area contributed by atoms with Crippen LogP contribution in [-0.4, -0.2) is 41.3 Å². The van der Waals surface area contributed by atoms with Gasteiger partial charge in [-0.3, -0.25) is 4.99 Å². The number of hydrogen-bond acceptors (Lipinski definition) is 2. The smallest absolute Gasteiger partial charge is 0.193 e. The molecular formula is C18H25N5. The average Bonchev–Trinajstić information content (AvgIpc) is 3.11. The van der Waals surface area contributed by atoms with Gasteiger partial charge >= 0.3 is 0 Å². The Morgan fingerprint density at radius 1 is 1.39 bits per heavy atom. The van der Waals surface area contributed by atoms with Crippen molar-refractivity contribution < 1.29 is 0 Å². The van der Waals surface area contributed by atoms with Crippen LogP contribution >= 0.6 is 0 Å². The minimum Gasteiger partial charge on any atom is -0.352 e. The van der Waals surface area contributed by atoms with Gasteiger partial charge in [0.2, 0.25) is 0 Å². The van der Waals surface area contributed by atoms with Crippen LogP contribution in [0.3, 0.4) is 0 Å². The zero-order valence-electron chi connectivity index (χ0n) is 13.9. The molecule has 0 atom stereocenters. The van der Waals surface area contributed by atoms with Crippen LogP contribution in [-0.2, 0) is 6.54 Å². The number of guanidine groups is 1. The SMILES string of the molecule is C=CCCCN(C)C(=NC)NCc1ccc(-n2cccn2)cc1. The van der Waals surface area contributed by atoms with Crippen molar-refractivity contribution >= 4 is 5.96 Å². The van der Waals surface area contributed by atoms with Crippen LogP contribution in [0.2, 0.25) is 0 Å². The highest BCUT2D eigenvalue weighted by Crippen LogP contribution is 2.08. The quantitative estimate of drug-likeness (QED) is 0.370. The van der Waals surface area contributed by atoms with Crippen molar-refractivity contribution in [3.63, 3.8) is 0 Å². The van der Waals surface area contributed by atoms with Crippen molar-refractivity contribution in [3.8, 4) is 5.69 Å². The Balaban J connectivity index is 1.87. The molecule has 1 aromatic heterocycles. The van der Waals surface area contributed by atoms with E-state index in [2.05, 4.69) is 58.2 Å². The number of nitrogens with one attached hydrogen (secondary N) is 1. The normalized spacial score (nSPS) is 11.3. The average molecular weight is 311 g/mol. The molecule has 0 saturated heterocycles. The first-order valence-corrected chi connectivity index (χ1v) is 7.86. The Morgan fingerprint density at radius 3 is 2.78 bits per heavy atom. The minimum absolute atomic E-state index is 0.748. The summed E-state index contributed by atoms with van der Waals surface area (Å²) in [5.74, 6) is 0.908. The Labute approximate surface area is 138 Å². The summed E-state index contributed by atoms with van der Waals surface area (Å²) in [5, 5.41) is 7.62. The third-order valence-corrected chi connectivity index (χ3v) is 3.63.